The zero-order valence-electron chi connectivity index (χ0n) is 14.7. The van der Waals surface area contributed by atoms with Crippen molar-refractivity contribution in [2.24, 2.45) is 0 Å². The highest BCUT2D eigenvalue weighted by atomic mass is 35.5. The first-order valence-electron chi connectivity index (χ1n) is 8.94. The molecule has 2 heterocycles. The average molecular weight is 386 g/mol. The van der Waals surface area contributed by atoms with Gasteiger partial charge in [0.1, 0.15) is 6.04 Å². The minimum Gasteiger partial charge on any atom is -0.480 e. The van der Waals surface area contributed by atoms with E-state index < -0.39 is 12.0 Å². The van der Waals surface area contributed by atoms with Gasteiger partial charge in [-0.05, 0) is 23.8 Å². The molecule has 0 spiro atoms. The Hall–Kier alpha value is -2.73. The third kappa shape index (κ3) is 3.21. The van der Waals surface area contributed by atoms with Crippen LogP contribution in [0.2, 0.25) is 5.02 Å². The van der Waals surface area contributed by atoms with Crippen molar-refractivity contribution < 1.29 is 14.7 Å². The predicted molar refractivity (Wildman–Crippen MR) is 105 cm³/mol. The summed E-state index contributed by atoms with van der Waals surface area (Å²) in [6.07, 6.45) is 0.344. The van der Waals surface area contributed by atoms with Gasteiger partial charge in [0.15, 0.2) is 0 Å². The number of rotatable bonds is 2. The number of urea groups is 1. The van der Waals surface area contributed by atoms with Crippen molar-refractivity contribution in [1.82, 2.24) is 4.90 Å². The van der Waals surface area contributed by atoms with Crippen LogP contribution >= 0.6 is 11.6 Å². The number of hydrogen-bond acceptors (Lipinski definition) is 3. The first kappa shape index (κ1) is 17.7. The molecule has 2 amide bonds. The summed E-state index contributed by atoms with van der Waals surface area (Å²) in [6, 6.07) is 14.0. The largest absolute Gasteiger partial charge is 0.480 e. The zero-order valence-corrected chi connectivity index (χ0v) is 15.5. The Kier molecular flexibility index (Phi) is 4.66. The van der Waals surface area contributed by atoms with Gasteiger partial charge in [-0.2, -0.15) is 0 Å². The molecule has 0 radical (unpaired) electrons. The lowest BCUT2D eigenvalue weighted by Gasteiger charge is -2.38. The normalized spacial score (nSPS) is 19.1. The molecule has 1 N–H and O–H groups in total. The van der Waals surface area contributed by atoms with Crippen LogP contribution in [0.1, 0.15) is 5.56 Å². The highest BCUT2D eigenvalue weighted by Crippen LogP contribution is 2.33. The summed E-state index contributed by atoms with van der Waals surface area (Å²) in [7, 11) is 0. The first-order chi connectivity index (χ1) is 13.1. The number of nitrogens with zero attached hydrogens (tertiary/aromatic N) is 3. The second-order valence-electron chi connectivity index (χ2n) is 6.76. The van der Waals surface area contributed by atoms with E-state index in [1.807, 2.05) is 48.5 Å². The number of fused-ring (bicyclic) bond motifs is 1. The van der Waals surface area contributed by atoms with Crippen LogP contribution in [-0.2, 0) is 11.2 Å². The molecular formula is C20H20ClN3O3. The van der Waals surface area contributed by atoms with Crippen LogP contribution in [0.15, 0.2) is 48.5 Å². The maximum absolute atomic E-state index is 13.1. The SMILES string of the molecule is O=C(O)C1Cc2ccccc2N1C(=O)N1CCN(c2ccccc2Cl)CC1. The Balaban J connectivity index is 1.50. The number of piperazine rings is 1. The van der Waals surface area contributed by atoms with Crippen LogP contribution in [0, 0.1) is 0 Å². The fourth-order valence-corrected chi connectivity index (χ4v) is 4.07. The smallest absolute Gasteiger partial charge is 0.327 e. The lowest BCUT2D eigenvalue weighted by atomic mass is 10.1. The number of carboxylic acid groups (broad SMARTS) is 1. The van der Waals surface area contributed by atoms with Gasteiger partial charge in [-0.25, -0.2) is 9.59 Å². The van der Waals surface area contributed by atoms with Crippen molar-refractivity contribution in [3.8, 4) is 0 Å². The number of anilines is 2. The molecule has 1 saturated heterocycles. The molecule has 0 aliphatic carbocycles. The molecule has 0 bridgehead atoms. The van der Waals surface area contributed by atoms with Gasteiger partial charge in [0.25, 0.3) is 0 Å². The van der Waals surface area contributed by atoms with Crippen molar-refractivity contribution in [3.63, 3.8) is 0 Å². The molecule has 0 aromatic heterocycles. The maximum atomic E-state index is 13.1. The molecule has 1 fully saturated rings. The first-order valence-corrected chi connectivity index (χ1v) is 9.32. The molecule has 2 aromatic rings. The minimum absolute atomic E-state index is 0.244. The number of halogens is 1. The van der Waals surface area contributed by atoms with Gasteiger partial charge in [-0.3, -0.25) is 4.90 Å². The van der Waals surface area contributed by atoms with E-state index in [0.717, 1.165) is 11.3 Å². The Morgan fingerprint density at radius 1 is 0.926 bits per heavy atom. The Labute approximate surface area is 162 Å². The van der Waals surface area contributed by atoms with Crippen LogP contribution in [0.5, 0.6) is 0 Å². The topological polar surface area (TPSA) is 64.1 Å². The number of para-hydroxylation sites is 2. The van der Waals surface area contributed by atoms with E-state index >= 15 is 0 Å². The standard InChI is InChI=1S/C20H20ClN3O3/c21-15-6-2-4-8-17(15)22-9-11-23(12-10-22)20(27)24-16-7-3-1-5-14(16)13-18(24)19(25)26/h1-8,18H,9-13H2,(H,25,26). The third-order valence-corrected chi connectivity index (χ3v) is 5.53. The van der Waals surface area contributed by atoms with Gasteiger partial charge in [-0.1, -0.05) is 41.9 Å². The minimum atomic E-state index is -0.978. The van der Waals surface area contributed by atoms with Gasteiger partial charge >= 0.3 is 12.0 Å². The van der Waals surface area contributed by atoms with E-state index in [4.69, 9.17) is 11.6 Å². The van der Waals surface area contributed by atoms with Gasteiger partial charge in [0, 0.05) is 38.3 Å². The van der Waals surface area contributed by atoms with E-state index in [-0.39, 0.29) is 6.03 Å². The molecule has 1 unspecified atom stereocenters. The molecule has 0 saturated carbocycles. The molecule has 6 nitrogen and oxygen atoms in total. The number of amides is 2. The number of carboxylic acids is 1. The summed E-state index contributed by atoms with van der Waals surface area (Å²) < 4.78 is 0. The number of aliphatic carboxylic acids is 1. The number of hydrogen-bond donors (Lipinski definition) is 1. The van der Waals surface area contributed by atoms with E-state index in [1.165, 1.54) is 4.90 Å². The monoisotopic (exact) mass is 385 g/mol. The van der Waals surface area contributed by atoms with Crippen molar-refractivity contribution in [3.05, 3.63) is 59.1 Å². The fraction of sp³-hybridized carbons (Fsp3) is 0.300. The van der Waals surface area contributed by atoms with Crippen molar-refractivity contribution in [2.45, 2.75) is 12.5 Å². The van der Waals surface area contributed by atoms with Crippen LogP contribution in [0.4, 0.5) is 16.2 Å². The van der Waals surface area contributed by atoms with Gasteiger partial charge in [-0.15, -0.1) is 0 Å². The molecule has 7 heteroatoms. The third-order valence-electron chi connectivity index (χ3n) is 5.21. The van der Waals surface area contributed by atoms with E-state index in [1.54, 1.807) is 4.90 Å². The predicted octanol–water partition coefficient (Wildman–Crippen LogP) is 3.10. The molecule has 27 heavy (non-hydrogen) atoms. The summed E-state index contributed by atoms with van der Waals surface area (Å²) in [4.78, 5) is 30.2. The highest BCUT2D eigenvalue weighted by Gasteiger charge is 2.40. The van der Waals surface area contributed by atoms with Crippen LogP contribution in [0.25, 0.3) is 0 Å². The summed E-state index contributed by atoms with van der Waals surface area (Å²) in [5.41, 5.74) is 2.55. The summed E-state index contributed by atoms with van der Waals surface area (Å²) in [6.45, 7) is 2.36. The van der Waals surface area contributed by atoms with Crippen LogP contribution in [-0.4, -0.2) is 54.2 Å². The van der Waals surface area contributed by atoms with E-state index in [2.05, 4.69) is 4.90 Å². The van der Waals surface area contributed by atoms with Crippen LogP contribution in [0.3, 0.4) is 0 Å². The number of carbonyl (C=O) groups is 2. The molecule has 2 aliphatic rings. The molecule has 1 atom stereocenters. The fourth-order valence-electron chi connectivity index (χ4n) is 3.82. The van der Waals surface area contributed by atoms with Crippen molar-refractivity contribution in [2.75, 3.05) is 36.0 Å². The Bertz CT molecular complexity index is 880. The van der Waals surface area contributed by atoms with E-state index in [9.17, 15) is 14.7 Å². The number of carbonyl (C=O) groups excluding carboxylic acids is 1. The molecule has 4 rings (SSSR count). The second-order valence-corrected chi connectivity index (χ2v) is 7.17. The van der Waals surface area contributed by atoms with Crippen molar-refractivity contribution in [1.29, 1.82) is 0 Å². The lowest BCUT2D eigenvalue weighted by Crippen LogP contribution is -2.55. The Morgan fingerprint density at radius 2 is 1.56 bits per heavy atom. The quantitative estimate of drug-likeness (QED) is 0.862. The molecule has 140 valence electrons. The van der Waals surface area contributed by atoms with Gasteiger partial charge in [0.05, 0.1) is 10.7 Å². The van der Waals surface area contributed by atoms with E-state index in [0.29, 0.717) is 43.3 Å². The summed E-state index contributed by atoms with van der Waals surface area (Å²) in [5, 5.41) is 10.3. The lowest BCUT2D eigenvalue weighted by molar-refractivity contribution is -0.138. The summed E-state index contributed by atoms with van der Waals surface area (Å²) >= 11 is 6.27. The van der Waals surface area contributed by atoms with Crippen molar-refractivity contribution >= 4 is 35.0 Å². The van der Waals surface area contributed by atoms with Gasteiger partial charge < -0.3 is 14.9 Å². The Morgan fingerprint density at radius 3 is 2.22 bits per heavy atom. The van der Waals surface area contributed by atoms with Crippen LogP contribution < -0.4 is 9.80 Å². The highest BCUT2D eigenvalue weighted by molar-refractivity contribution is 6.33. The molecular weight excluding hydrogens is 366 g/mol. The summed E-state index contributed by atoms with van der Waals surface area (Å²) in [5.74, 6) is -0.978. The number of benzene rings is 2. The average Bonchev–Trinajstić information content (AvgIpc) is 3.08. The van der Waals surface area contributed by atoms with Gasteiger partial charge in [0.2, 0.25) is 0 Å². The molecule has 2 aromatic carbocycles. The zero-order chi connectivity index (χ0) is 19.0. The molecule has 2 aliphatic heterocycles. The maximum Gasteiger partial charge on any atom is 0.327 e. The second kappa shape index (κ2) is 7.12.